The maximum atomic E-state index is 5.89. The first kappa shape index (κ1) is 15.3. The van der Waals surface area contributed by atoms with Crippen LogP contribution in [0, 0.1) is 0 Å². The molecule has 1 aliphatic rings. The average Bonchev–Trinajstić information content (AvgIpc) is 3.10. The first-order valence-corrected chi connectivity index (χ1v) is 10.2. The minimum absolute atomic E-state index is 0.333. The van der Waals surface area contributed by atoms with Gasteiger partial charge in [-0.25, -0.2) is 0 Å². The fraction of sp³-hybridized carbons (Fsp3) is 1.00. The summed E-state index contributed by atoms with van der Waals surface area (Å²) < 4.78 is 27.4. The van der Waals surface area contributed by atoms with Crippen molar-refractivity contribution in [2.75, 3.05) is 34.0 Å². The second-order valence-corrected chi connectivity index (χ2v) is 9.55. The van der Waals surface area contributed by atoms with Gasteiger partial charge in [0.15, 0.2) is 9.04 Å². The van der Waals surface area contributed by atoms with Crippen LogP contribution < -0.4 is 0 Å². The van der Waals surface area contributed by atoms with Crippen LogP contribution in [0.25, 0.3) is 0 Å². The van der Waals surface area contributed by atoms with E-state index in [0.29, 0.717) is 19.3 Å². The van der Waals surface area contributed by atoms with Crippen molar-refractivity contribution in [2.24, 2.45) is 0 Å². The van der Waals surface area contributed by atoms with E-state index < -0.39 is 17.8 Å². The molecule has 1 fully saturated rings. The summed E-state index contributed by atoms with van der Waals surface area (Å²) in [4.78, 5) is 0. The summed E-state index contributed by atoms with van der Waals surface area (Å²) in [6, 6.07) is 0.807. The fourth-order valence-electron chi connectivity index (χ4n) is 1.50. The van der Waals surface area contributed by atoms with Crippen LogP contribution in [0.1, 0.15) is 6.42 Å². The summed E-state index contributed by atoms with van der Waals surface area (Å²) in [5.41, 5.74) is 0. The summed E-state index contributed by atoms with van der Waals surface area (Å²) in [5.74, 6) is 0. The molecule has 7 heteroatoms. The van der Waals surface area contributed by atoms with E-state index in [9.17, 15) is 0 Å². The highest BCUT2D eigenvalue weighted by atomic mass is 28.4. The van der Waals surface area contributed by atoms with E-state index in [1.165, 1.54) is 0 Å². The molecule has 1 rings (SSSR count). The van der Waals surface area contributed by atoms with Crippen LogP contribution in [0.2, 0.25) is 19.1 Å². The Morgan fingerprint density at radius 1 is 1.29 bits per heavy atom. The molecule has 0 N–H and O–H groups in total. The van der Waals surface area contributed by atoms with Gasteiger partial charge in [0.05, 0.1) is 13.2 Å². The molecule has 0 amide bonds. The highest BCUT2D eigenvalue weighted by molar-refractivity contribution is 6.70. The van der Waals surface area contributed by atoms with E-state index in [4.69, 9.17) is 22.4 Å². The van der Waals surface area contributed by atoms with E-state index in [1.54, 1.807) is 14.2 Å². The second-order valence-electron chi connectivity index (χ2n) is 4.24. The Balaban J connectivity index is 2.17. The first-order chi connectivity index (χ1) is 8.12. The van der Waals surface area contributed by atoms with Crippen molar-refractivity contribution in [3.05, 3.63) is 0 Å². The topological polar surface area (TPSA) is 49.5 Å². The number of hydrogen-bond donors (Lipinski definition) is 0. The molecule has 1 saturated heterocycles. The molecule has 17 heavy (non-hydrogen) atoms. The summed E-state index contributed by atoms with van der Waals surface area (Å²) in [6.45, 7) is 6.43. The van der Waals surface area contributed by atoms with Crippen LogP contribution in [0.15, 0.2) is 0 Å². The molecule has 0 aromatic carbocycles. The zero-order chi connectivity index (χ0) is 12.7. The van der Waals surface area contributed by atoms with Gasteiger partial charge in [-0.3, -0.25) is 0 Å². The van der Waals surface area contributed by atoms with Gasteiger partial charge in [-0.2, -0.15) is 0 Å². The third-order valence-electron chi connectivity index (χ3n) is 2.46. The Hall–Kier alpha value is 0.234. The number of rotatable bonds is 10. The van der Waals surface area contributed by atoms with Crippen LogP contribution in [0.4, 0.5) is 0 Å². The lowest BCUT2D eigenvalue weighted by molar-refractivity contribution is 0.109. The Labute approximate surface area is 106 Å². The summed E-state index contributed by atoms with van der Waals surface area (Å²) >= 11 is 0. The van der Waals surface area contributed by atoms with Crippen molar-refractivity contribution in [3.8, 4) is 0 Å². The molecule has 0 bridgehead atoms. The average molecular weight is 279 g/mol. The predicted octanol–water partition coefficient (Wildman–Crippen LogP) is 1.29. The minimum atomic E-state index is -2.43. The van der Waals surface area contributed by atoms with Crippen LogP contribution in [0.5, 0.6) is 0 Å². The molecule has 5 nitrogen and oxygen atoms in total. The first-order valence-electron chi connectivity index (χ1n) is 5.90. The standard InChI is InChI=1S/C10H23O5Si2/c1-11-17(12-2,15-16(3)4)7-5-6-13-8-10-9-14-10/h10H,5-9H2,1-4H3. The molecule has 0 spiro atoms. The van der Waals surface area contributed by atoms with Crippen molar-refractivity contribution in [2.45, 2.75) is 31.7 Å². The molecule has 0 aromatic heterocycles. The van der Waals surface area contributed by atoms with E-state index in [1.807, 2.05) is 0 Å². The SMILES string of the molecule is CO[Si](CCCOCC1CO1)(OC)O[Si](C)C. The molecule has 1 unspecified atom stereocenters. The van der Waals surface area contributed by atoms with Gasteiger partial charge >= 0.3 is 8.80 Å². The molecular weight excluding hydrogens is 256 g/mol. The lowest BCUT2D eigenvalue weighted by Crippen LogP contribution is -2.46. The van der Waals surface area contributed by atoms with Gasteiger partial charge < -0.3 is 22.4 Å². The number of hydrogen-bond acceptors (Lipinski definition) is 5. The van der Waals surface area contributed by atoms with Gasteiger partial charge in [-0.15, -0.1) is 0 Å². The van der Waals surface area contributed by atoms with Gasteiger partial charge in [0.1, 0.15) is 6.10 Å². The monoisotopic (exact) mass is 279 g/mol. The minimum Gasteiger partial charge on any atom is -0.415 e. The molecule has 1 aliphatic heterocycles. The smallest absolute Gasteiger partial charge is 0.415 e. The molecule has 0 aromatic rings. The maximum Gasteiger partial charge on any atom is 0.489 e. The van der Waals surface area contributed by atoms with Crippen molar-refractivity contribution < 1.29 is 22.4 Å². The zero-order valence-corrected chi connectivity index (χ0v) is 13.2. The summed E-state index contributed by atoms with van der Waals surface area (Å²) in [5, 5.41) is 0. The van der Waals surface area contributed by atoms with Gasteiger partial charge in [-0.1, -0.05) is 0 Å². The highest BCUT2D eigenvalue weighted by Gasteiger charge is 2.39. The predicted molar refractivity (Wildman–Crippen MR) is 68.3 cm³/mol. The maximum absolute atomic E-state index is 5.89. The summed E-state index contributed by atoms with van der Waals surface area (Å²) in [7, 11) is 0.0887. The Bertz CT molecular complexity index is 207. The normalized spacial score (nSPS) is 19.9. The van der Waals surface area contributed by atoms with Gasteiger partial charge in [0, 0.05) is 26.9 Å². The van der Waals surface area contributed by atoms with E-state index in [2.05, 4.69) is 13.1 Å². The van der Waals surface area contributed by atoms with Crippen LogP contribution in [-0.2, 0) is 22.4 Å². The van der Waals surface area contributed by atoms with E-state index in [0.717, 1.165) is 19.1 Å². The third-order valence-corrected chi connectivity index (χ3v) is 7.55. The summed E-state index contributed by atoms with van der Waals surface area (Å²) in [6.07, 6.45) is 1.23. The number of epoxide rings is 1. The third kappa shape index (κ3) is 6.09. The van der Waals surface area contributed by atoms with E-state index in [-0.39, 0.29) is 0 Å². The molecule has 1 atom stereocenters. The Morgan fingerprint density at radius 3 is 2.41 bits per heavy atom. The molecule has 1 heterocycles. The molecule has 0 aliphatic carbocycles. The molecule has 101 valence electrons. The van der Waals surface area contributed by atoms with Crippen molar-refractivity contribution in [1.29, 1.82) is 0 Å². The quantitative estimate of drug-likeness (QED) is 0.343. The van der Waals surface area contributed by atoms with Gasteiger partial charge in [-0.05, 0) is 19.5 Å². The van der Waals surface area contributed by atoms with Crippen LogP contribution in [-0.4, -0.2) is 58.0 Å². The molecule has 1 radical (unpaired) electrons. The fourth-order valence-corrected chi connectivity index (χ4v) is 6.22. The highest BCUT2D eigenvalue weighted by Crippen LogP contribution is 2.17. The largest absolute Gasteiger partial charge is 0.489 e. The van der Waals surface area contributed by atoms with Crippen molar-refractivity contribution >= 4 is 17.8 Å². The van der Waals surface area contributed by atoms with Crippen molar-refractivity contribution in [3.63, 3.8) is 0 Å². The Kier molecular flexibility index (Phi) is 6.86. The second kappa shape index (κ2) is 7.62. The Morgan fingerprint density at radius 2 is 1.94 bits per heavy atom. The number of ether oxygens (including phenoxy) is 2. The van der Waals surface area contributed by atoms with Gasteiger partial charge in [0.25, 0.3) is 0 Å². The molecule has 0 saturated carbocycles. The molecular formula is C10H23O5Si2. The van der Waals surface area contributed by atoms with Gasteiger partial charge in [0.2, 0.25) is 0 Å². The van der Waals surface area contributed by atoms with Crippen LogP contribution in [0.3, 0.4) is 0 Å². The van der Waals surface area contributed by atoms with Crippen molar-refractivity contribution in [1.82, 2.24) is 0 Å². The van der Waals surface area contributed by atoms with Crippen LogP contribution >= 0.6 is 0 Å². The lowest BCUT2D eigenvalue weighted by Gasteiger charge is -2.28. The lowest BCUT2D eigenvalue weighted by atomic mass is 10.5. The zero-order valence-electron chi connectivity index (χ0n) is 11.2. The van der Waals surface area contributed by atoms with E-state index >= 15 is 0 Å².